The summed E-state index contributed by atoms with van der Waals surface area (Å²) in [5.74, 6) is 1.06. The molecule has 0 saturated carbocycles. The summed E-state index contributed by atoms with van der Waals surface area (Å²) in [5.41, 5.74) is 5.55. The Bertz CT molecular complexity index is 359. The van der Waals surface area contributed by atoms with E-state index >= 15 is 0 Å². The van der Waals surface area contributed by atoms with Crippen molar-refractivity contribution in [3.05, 3.63) is 18.2 Å². The lowest BCUT2D eigenvalue weighted by Gasteiger charge is -2.26. The first-order valence-corrected chi connectivity index (χ1v) is 6.41. The normalized spacial score (nSPS) is 11.4. The summed E-state index contributed by atoms with van der Waals surface area (Å²) >= 11 is 4.92. The van der Waals surface area contributed by atoms with Crippen molar-refractivity contribution >= 4 is 17.2 Å². The molecule has 0 saturated heterocycles. The number of hydrogen-bond donors (Lipinski definition) is 1. The minimum atomic E-state index is 0.508. The van der Waals surface area contributed by atoms with E-state index in [0.717, 1.165) is 31.9 Å². The number of imidazole rings is 1. The van der Waals surface area contributed by atoms with Crippen LogP contribution < -0.4 is 5.73 Å². The quantitative estimate of drug-likeness (QED) is 0.751. The van der Waals surface area contributed by atoms with Gasteiger partial charge in [-0.05, 0) is 20.8 Å². The zero-order valence-electron chi connectivity index (χ0n) is 10.9. The highest BCUT2D eigenvalue weighted by atomic mass is 32.1. The predicted molar refractivity (Wildman–Crippen MR) is 75.1 cm³/mol. The molecule has 5 heteroatoms. The first-order valence-electron chi connectivity index (χ1n) is 6.00. The smallest absolute Gasteiger partial charge is 0.105 e. The van der Waals surface area contributed by atoms with Crippen LogP contribution in [0.25, 0.3) is 0 Å². The van der Waals surface area contributed by atoms with Gasteiger partial charge < -0.3 is 10.3 Å². The Hall–Kier alpha value is -0.940. The number of hydrogen-bond acceptors (Lipinski definition) is 3. The third kappa shape index (κ3) is 4.83. The van der Waals surface area contributed by atoms with Gasteiger partial charge in [0.05, 0.1) is 4.99 Å². The standard InChI is InChI=1S/C12H22N4S/c1-10(2)15(6-4-12(13)17)8-9-16-7-5-14-11(16)3/h5,7,10H,4,6,8-9H2,1-3H3,(H2,13,17). The minimum absolute atomic E-state index is 0.508. The van der Waals surface area contributed by atoms with E-state index in [-0.39, 0.29) is 0 Å². The van der Waals surface area contributed by atoms with Gasteiger partial charge in [0.15, 0.2) is 0 Å². The zero-order chi connectivity index (χ0) is 12.8. The van der Waals surface area contributed by atoms with Crippen LogP contribution in [0.15, 0.2) is 12.4 Å². The fraction of sp³-hybridized carbons (Fsp3) is 0.667. The number of aromatic nitrogens is 2. The molecular formula is C12H22N4S. The van der Waals surface area contributed by atoms with Gasteiger partial charge in [-0.2, -0.15) is 0 Å². The van der Waals surface area contributed by atoms with E-state index in [1.807, 2.05) is 19.3 Å². The number of thiocarbonyl (C=S) groups is 1. The second kappa shape index (κ2) is 6.71. The molecule has 0 aliphatic carbocycles. The summed E-state index contributed by atoms with van der Waals surface area (Å²) in [6.45, 7) is 9.30. The highest BCUT2D eigenvalue weighted by Crippen LogP contribution is 2.02. The number of rotatable bonds is 7. The summed E-state index contributed by atoms with van der Waals surface area (Å²) in [7, 11) is 0. The van der Waals surface area contributed by atoms with Crippen LogP contribution in [0.3, 0.4) is 0 Å². The molecule has 1 aromatic rings. The van der Waals surface area contributed by atoms with E-state index in [1.165, 1.54) is 0 Å². The van der Waals surface area contributed by atoms with Crippen molar-refractivity contribution in [2.75, 3.05) is 13.1 Å². The molecule has 0 spiro atoms. The maximum atomic E-state index is 5.55. The molecule has 2 N–H and O–H groups in total. The molecule has 17 heavy (non-hydrogen) atoms. The monoisotopic (exact) mass is 254 g/mol. The molecule has 0 aliphatic rings. The third-order valence-corrected chi connectivity index (χ3v) is 3.13. The largest absolute Gasteiger partial charge is 0.393 e. The van der Waals surface area contributed by atoms with Gasteiger partial charge >= 0.3 is 0 Å². The van der Waals surface area contributed by atoms with Crippen molar-refractivity contribution in [3.63, 3.8) is 0 Å². The summed E-state index contributed by atoms with van der Waals surface area (Å²) in [5, 5.41) is 0. The van der Waals surface area contributed by atoms with Gasteiger partial charge in [0, 0.05) is 44.5 Å². The molecule has 0 radical (unpaired) electrons. The Kier molecular flexibility index (Phi) is 5.58. The average Bonchev–Trinajstić information content (AvgIpc) is 2.63. The van der Waals surface area contributed by atoms with Crippen LogP contribution >= 0.6 is 12.2 Å². The molecule has 0 atom stereocenters. The van der Waals surface area contributed by atoms with Crippen molar-refractivity contribution in [2.24, 2.45) is 5.73 Å². The van der Waals surface area contributed by atoms with Gasteiger partial charge in [-0.3, -0.25) is 4.90 Å². The molecular weight excluding hydrogens is 232 g/mol. The number of nitrogens with zero attached hydrogens (tertiary/aromatic N) is 3. The fourth-order valence-electron chi connectivity index (χ4n) is 1.76. The topological polar surface area (TPSA) is 47.1 Å². The van der Waals surface area contributed by atoms with E-state index in [1.54, 1.807) is 0 Å². The van der Waals surface area contributed by atoms with E-state index in [4.69, 9.17) is 18.0 Å². The van der Waals surface area contributed by atoms with Crippen molar-refractivity contribution < 1.29 is 0 Å². The minimum Gasteiger partial charge on any atom is -0.393 e. The van der Waals surface area contributed by atoms with Gasteiger partial charge in [-0.1, -0.05) is 12.2 Å². The zero-order valence-corrected chi connectivity index (χ0v) is 11.7. The molecule has 96 valence electrons. The van der Waals surface area contributed by atoms with Crippen molar-refractivity contribution in [1.29, 1.82) is 0 Å². The van der Waals surface area contributed by atoms with Crippen LogP contribution in [0.2, 0.25) is 0 Å². The Labute approximate surface area is 109 Å². The van der Waals surface area contributed by atoms with Crippen LogP contribution in [-0.2, 0) is 6.54 Å². The first kappa shape index (κ1) is 14.1. The van der Waals surface area contributed by atoms with Crippen molar-refractivity contribution in [1.82, 2.24) is 14.5 Å². The molecule has 4 nitrogen and oxygen atoms in total. The lowest BCUT2D eigenvalue weighted by Crippen LogP contribution is -2.36. The maximum absolute atomic E-state index is 5.55. The van der Waals surface area contributed by atoms with E-state index in [9.17, 15) is 0 Å². The van der Waals surface area contributed by atoms with Gasteiger partial charge in [0.1, 0.15) is 5.82 Å². The van der Waals surface area contributed by atoms with Crippen LogP contribution in [0.5, 0.6) is 0 Å². The second-order valence-electron chi connectivity index (χ2n) is 4.51. The summed E-state index contributed by atoms with van der Waals surface area (Å²) in [6.07, 6.45) is 4.64. The van der Waals surface area contributed by atoms with Gasteiger partial charge in [0.25, 0.3) is 0 Å². The first-order chi connectivity index (χ1) is 8.00. The van der Waals surface area contributed by atoms with Crippen LogP contribution in [0.1, 0.15) is 26.1 Å². The van der Waals surface area contributed by atoms with E-state index < -0.39 is 0 Å². The fourth-order valence-corrected chi connectivity index (χ4v) is 1.85. The molecule has 1 aromatic heterocycles. The van der Waals surface area contributed by atoms with Crippen LogP contribution in [0.4, 0.5) is 0 Å². The molecule has 0 amide bonds. The SMILES string of the molecule is Cc1nccn1CCN(CCC(N)=S)C(C)C. The molecule has 0 fully saturated rings. The highest BCUT2D eigenvalue weighted by molar-refractivity contribution is 7.80. The highest BCUT2D eigenvalue weighted by Gasteiger charge is 2.10. The predicted octanol–water partition coefficient (Wildman–Crippen LogP) is 1.58. The Morgan fingerprint density at radius 2 is 2.24 bits per heavy atom. The maximum Gasteiger partial charge on any atom is 0.105 e. The van der Waals surface area contributed by atoms with Gasteiger partial charge in [0.2, 0.25) is 0 Å². The third-order valence-electron chi connectivity index (χ3n) is 2.93. The summed E-state index contributed by atoms with van der Waals surface area (Å²) in [4.78, 5) is 7.20. The summed E-state index contributed by atoms with van der Waals surface area (Å²) < 4.78 is 2.16. The summed E-state index contributed by atoms with van der Waals surface area (Å²) in [6, 6.07) is 0.508. The lowest BCUT2D eigenvalue weighted by atomic mass is 10.3. The van der Waals surface area contributed by atoms with Gasteiger partial charge in [-0.15, -0.1) is 0 Å². The molecule has 0 aliphatic heterocycles. The molecule has 0 unspecified atom stereocenters. The second-order valence-corrected chi connectivity index (χ2v) is 5.04. The van der Waals surface area contributed by atoms with Crippen molar-refractivity contribution in [3.8, 4) is 0 Å². The molecule has 1 rings (SSSR count). The van der Waals surface area contributed by atoms with Crippen molar-refractivity contribution in [2.45, 2.75) is 39.8 Å². The molecule has 1 heterocycles. The molecule has 0 bridgehead atoms. The Balaban J connectivity index is 2.44. The van der Waals surface area contributed by atoms with Gasteiger partial charge in [-0.25, -0.2) is 4.98 Å². The Morgan fingerprint density at radius 3 is 2.71 bits per heavy atom. The molecule has 0 aromatic carbocycles. The van der Waals surface area contributed by atoms with E-state index in [2.05, 4.69) is 28.3 Å². The lowest BCUT2D eigenvalue weighted by molar-refractivity contribution is 0.219. The van der Waals surface area contributed by atoms with Crippen LogP contribution in [0, 0.1) is 6.92 Å². The van der Waals surface area contributed by atoms with E-state index in [0.29, 0.717) is 11.0 Å². The number of aryl methyl sites for hydroxylation is 1. The Morgan fingerprint density at radius 1 is 1.53 bits per heavy atom. The number of nitrogens with two attached hydrogens (primary N) is 1. The van der Waals surface area contributed by atoms with Crippen LogP contribution in [-0.4, -0.2) is 38.6 Å². The average molecular weight is 254 g/mol.